The number of aromatic nitrogens is 4. The average molecular weight is 707 g/mol. The summed E-state index contributed by atoms with van der Waals surface area (Å²) in [6, 6.07) is 0. The number of allylic oxidation sites excluding steroid dienone is 1. The van der Waals surface area contributed by atoms with Crippen LogP contribution in [0.25, 0.3) is 11.2 Å². The fourth-order valence-corrected chi connectivity index (χ4v) is 7.23. The van der Waals surface area contributed by atoms with E-state index in [0.717, 1.165) is 24.1 Å². The van der Waals surface area contributed by atoms with Gasteiger partial charge in [-0.15, -0.1) is 0 Å². The maximum atomic E-state index is 12.6. The number of nitrogens with two attached hydrogens (primary N) is 2. The maximum Gasteiger partial charge on any atom is 0.481 e. The van der Waals surface area contributed by atoms with Gasteiger partial charge in [-0.25, -0.2) is 24.1 Å². The second-order valence-electron chi connectivity index (χ2n) is 10.6. The van der Waals surface area contributed by atoms with E-state index < -0.39 is 89.1 Å². The lowest BCUT2D eigenvalue weighted by Crippen LogP contribution is -2.54. The van der Waals surface area contributed by atoms with E-state index >= 15 is 0 Å². The van der Waals surface area contributed by atoms with E-state index in [2.05, 4.69) is 19.3 Å². The van der Waals surface area contributed by atoms with Crippen molar-refractivity contribution in [3.63, 3.8) is 0 Å². The molecule has 2 unspecified atom stereocenters. The van der Waals surface area contributed by atoms with Crippen molar-refractivity contribution in [3.05, 3.63) is 36.7 Å². The second-order valence-corrected chi connectivity index (χ2v) is 13.7. The molecule has 3 aliphatic heterocycles. The molecule has 0 aromatic carbocycles. The van der Waals surface area contributed by atoms with Gasteiger partial charge in [0.05, 0.1) is 19.5 Å². The number of aliphatic hydroxyl groups is 4. The van der Waals surface area contributed by atoms with Crippen molar-refractivity contribution in [1.29, 1.82) is 0 Å². The number of fused-ring (bicyclic) bond motifs is 1. The minimum atomic E-state index is -5.54. The number of nitrogens with zero attached hydrogens (tertiary/aromatic N) is 5. The summed E-state index contributed by atoms with van der Waals surface area (Å²) >= 11 is 0. The van der Waals surface area contributed by atoms with Crippen molar-refractivity contribution < 1.29 is 71.8 Å². The largest absolute Gasteiger partial charge is 0.481 e. The van der Waals surface area contributed by atoms with Crippen molar-refractivity contribution in [3.8, 4) is 0 Å². The first kappa shape index (κ1) is 35.1. The Kier molecular flexibility index (Phi) is 9.72. The fraction of sp³-hybridized carbons (Fsp3) is 0.522. The van der Waals surface area contributed by atoms with Crippen LogP contribution in [0.5, 0.6) is 0 Å². The van der Waals surface area contributed by atoms with Crippen molar-refractivity contribution in [2.24, 2.45) is 5.73 Å². The van der Waals surface area contributed by atoms with Crippen molar-refractivity contribution in [2.75, 3.05) is 18.9 Å². The summed E-state index contributed by atoms with van der Waals surface area (Å²) in [5, 5.41) is 42.8. The van der Waals surface area contributed by atoms with Crippen LogP contribution >= 0.6 is 15.6 Å². The molecule has 47 heavy (non-hydrogen) atoms. The molecule has 0 spiro atoms. The number of hydrogen-bond acceptors (Lipinski definition) is 18. The average Bonchev–Trinajstić information content (AvgIpc) is 3.64. The zero-order valence-electron chi connectivity index (χ0n) is 24.2. The van der Waals surface area contributed by atoms with Crippen LogP contribution in [-0.4, -0.2) is 122 Å². The van der Waals surface area contributed by atoms with Crippen molar-refractivity contribution in [2.45, 2.75) is 61.9 Å². The molecule has 1 amide bonds. The molecule has 5 heterocycles. The van der Waals surface area contributed by atoms with E-state index in [-0.39, 0.29) is 29.0 Å². The lowest BCUT2D eigenvalue weighted by molar-refractivity contribution is -0.151. The Balaban J connectivity index is 1.21. The smallest absolute Gasteiger partial charge is 0.387 e. The number of carbonyl (C=O) groups is 2. The highest BCUT2D eigenvalue weighted by atomic mass is 31.3. The third-order valence-corrected chi connectivity index (χ3v) is 10.2. The highest BCUT2D eigenvalue weighted by Crippen LogP contribution is 2.61. The molecule has 5 rings (SSSR count). The number of phosphoric acid groups is 2. The SMILES string of the molecule is CC(=O)[C@@]1(O)[C@@H](COP(=O)(O)OP(=O)(O)OC[C@H]2O[C@@H](N3C=CCC(C(N)=O)=C3)[C@H](O)[C@@H]2O)O[C@@H](n2cnc3c(N)ncnc32)[C@@H]1O. The van der Waals surface area contributed by atoms with Gasteiger partial charge in [0.15, 0.2) is 35.3 Å². The first-order valence-corrected chi connectivity index (χ1v) is 16.6. The van der Waals surface area contributed by atoms with Gasteiger partial charge in [0.2, 0.25) is 5.91 Å². The number of phosphoric ester groups is 2. The van der Waals surface area contributed by atoms with Crippen molar-refractivity contribution in [1.82, 2.24) is 24.4 Å². The Morgan fingerprint density at radius 3 is 2.40 bits per heavy atom. The van der Waals surface area contributed by atoms with Gasteiger partial charge < -0.3 is 56.1 Å². The zero-order chi connectivity index (χ0) is 34.5. The molecule has 22 nitrogen and oxygen atoms in total. The Labute approximate surface area is 264 Å². The zero-order valence-corrected chi connectivity index (χ0v) is 26.0. The molecule has 2 saturated heterocycles. The third-order valence-electron chi connectivity index (χ3n) is 7.61. The summed E-state index contributed by atoms with van der Waals surface area (Å²) in [6.07, 6.45) is -4.68. The number of anilines is 1. The molecule has 258 valence electrons. The van der Waals surface area contributed by atoms with Crippen LogP contribution in [0.4, 0.5) is 5.82 Å². The molecule has 0 saturated carbocycles. The van der Waals surface area contributed by atoms with Gasteiger partial charge in [0, 0.05) is 18.0 Å². The molecule has 3 aliphatic rings. The number of Topliss-reactive ketones (excluding diaryl/α,β-unsaturated/α-hetero) is 1. The number of amides is 1. The van der Waals surface area contributed by atoms with Gasteiger partial charge in [0.25, 0.3) is 0 Å². The molecule has 2 fully saturated rings. The number of aliphatic hydroxyl groups excluding tert-OH is 3. The predicted octanol–water partition coefficient (Wildman–Crippen LogP) is -2.73. The van der Waals surface area contributed by atoms with E-state index in [4.69, 9.17) is 30.0 Å². The lowest BCUT2D eigenvalue weighted by Gasteiger charge is -2.28. The van der Waals surface area contributed by atoms with Crippen LogP contribution in [0.2, 0.25) is 0 Å². The quantitative estimate of drug-likeness (QED) is 0.104. The molecule has 10 atom stereocenters. The van der Waals surface area contributed by atoms with Crippen LogP contribution in [0, 0.1) is 0 Å². The third kappa shape index (κ3) is 6.87. The van der Waals surface area contributed by atoms with Crippen LogP contribution in [-0.2, 0) is 41.6 Å². The monoisotopic (exact) mass is 707 g/mol. The molecule has 0 bridgehead atoms. The maximum absolute atomic E-state index is 12.6. The highest BCUT2D eigenvalue weighted by molar-refractivity contribution is 7.61. The van der Waals surface area contributed by atoms with Gasteiger partial charge in [-0.2, -0.15) is 4.31 Å². The Hall–Kier alpha value is -3.21. The Morgan fingerprint density at radius 2 is 1.74 bits per heavy atom. The summed E-state index contributed by atoms with van der Waals surface area (Å²) in [5.74, 6) is -1.77. The number of hydrogen-bond donors (Lipinski definition) is 8. The van der Waals surface area contributed by atoms with Gasteiger partial charge in [-0.1, -0.05) is 6.08 Å². The van der Waals surface area contributed by atoms with Crippen LogP contribution in [0.15, 0.2) is 36.7 Å². The predicted molar refractivity (Wildman–Crippen MR) is 151 cm³/mol. The van der Waals surface area contributed by atoms with E-state index in [1.807, 2.05) is 0 Å². The highest BCUT2D eigenvalue weighted by Gasteiger charge is 2.60. The molecule has 0 aliphatic carbocycles. The van der Waals surface area contributed by atoms with Gasteiger partial charge >= 0.3 is 15.6 Å². The number of nitrogen functional groups attached to an aromatic ring is 1. The lowest BCUT2D eigenvalue weighted by atomic mass is 9.88. The summed E-state index contributed by atoms with van der Waals surface area (Å²) in [5.41, 5.74) is 8.67. The van der Waals surface area contributed by atoms with Gasteiger partial charge in [-0.05, 0) is 13.3 Å². The summed E-state index contributed by atoms with van der Waals surface area (Å²) < 4.78 is 51.1. The van der Waals surface area contributed by atoms with Crippen LogP contribution in [0.1, 0.15) is 19.6 Å². The summed E-state index contributed by atoms with van der Waals surface area (Å²) in [6.45, 7) is -1.17. The number of primary amides is 1. The summed E-state index contributed by atoms with van der Waals surface area (Å²) in [4.78, 5) is 57.2. The summed E-state index contributed by atoms with van der Waals surface area (Å²) in [7, 11) is -11.0. The molecule has 24 heteroatoms. The van der Waals surface area contributed by atoms with E-state index in [9.17, 15) is 48.9 Å². The van der Waals surface area contributed by atoms with Gasteiger partial charge in [0.1, 0.15) is 42.4 Å². The molecule has 2 aromatic heterocycles. The Morgan fingerprint density at radius 1 is 1.06 bits per heavy atom. The Bertz CT molecular complexity index is 1710. The van der Waals surface area contributed by atoms with Crippen molar-refractivity contribution >= 4 is 44.3 Å². The molecular formula is C23H31N7O15P2. The molecule has 10 N–H and O–H groups in total. The molecule has 2 aromatic rings. The number of imidazole rings is 1. The topological polar surface area (TPSA) is 335 Å². The number of ether oxygens (including phenoxy) is 2. The molecular weight excluding hydrogens is 676 g/mol. The van der Waals surface area contributed by atoms with E-state index in [1.54, 1.807) is 6.08 Å². The number of rotatable bonds is 12. The standard InChI is InChI=1S/C23H31N7O15P2/c1-10(31)23(36)13(44-22(17(23)34)30-9-28-14-18(24)26-8-27-20(14)30)7-42-47(39,40)45-46(37,38)41-6-12-15(32)16(33)21(43-12)29-4-2-3-11(5-29)19(25)35/h2,4-5,8-9,12-13,15-17,21-22,32-34,36H,3,6-7H2,1H3,(H2,25,35)(H,37,38)(H,39,40)(H2,24,26,27)/t12-,13-,15-,16-,17+,21-,22-,23-/m1/s1. The first-order valence-electron chi connectivity index (χ1n) is 13.6. The minimum absolute atomic E-state index is 0.0166. The number of carbonyl (C=O) groups excluding carboxylic acids is 2. The van der Waals surface area contributed by atoms with Crippen LogP contribution < -0.4 is 11.5 Å². The molecule has 0 radical (unpaired) electrons. The minimum Gasteiger partial charge on any atom is -0.387 e. The fourth-order valence-electron chi connectivity index (χ4n) is 5.15. The van der Waals surface area contributed by atoms with E-state index in [0.29, 0.717) is 0 Å². The number of ketones is 1. The first-order chi connectivity index (χ1) is 21.9. The van der Waals surface area contributed by atoms with Crippen LogP contribution in [0.3, 0.4) is 0 Å². The van der Waals surface area contributed by atoms with Gasteiger partial charge in [-0.3, -0.25) is 23.2 Å². The second kappa shape index (κ2) is 13.0. The normalized spacial score (nSPS) is 33.5. The van der Waals surface area contributed by atoms with E-state index in [1.165, 1.54) is 17.3 Å².